The highest BCUT2D eigenvalue weighted by Crippen LogP contribution is 2.23. The van der Waals surface area contributed by atoms with Gasteiger partial charge in [-0.25, -0.2) is 8.42 Å². The van der Waals surface area contributed by atoms with Crippen molar-refractivity contribution >= 4 is 50.6 Å². The molecule has 0 atom stereocenters. The second kappa shape index (κ2) is 8.87. The fourth-order valence-electron chi connectivity index (χ4n) is 2.61. The summed E-state index contributed by atoms with van der Waals surface area (Å²) < 4.78 is 26.7. The van der Waals surface area contributed by atoms with Crippen molar-refractivity contribution in [2.45, 2.75) is 6.42 Å². The number of nitrogens with two attached hydrogens (primary N) is 1. The third kappa shape index (κ3) is 5.20. The second-order valence-corrected chi connectivity index (χ2v) is 9.64. The van der Waals surface area contributed by atoms with Gasteiger partial charge in [0.25, 0.3) is 0 Å². The lowest BCUT2D eigenvalue weighted by atomic mass is 10.2. The molecule has 28 heavy (non-hydrogen) atoms. The van der Waals surface area contributed by atoms with Crippen molar-refractivity contribution < 1.29 is 13.2 Å². The number of hydrogen-bond donors (Lipinski definition) is 1. The number of rotatable bonds is 6. The van der Waals surface area contributed by atoms with E-state index >= 15 is 0 Å². The van der Waals surface area contributed by atoms with Crippen molar-refractivity contribution in [2.24, 2.45) is 0 Å². The minimum absolute atomic E-state index is 0.197. The zero-order valence-corrected chi connectivity index (χ0v) is 17.3. The summed E-state index contributed by atoms with van der Waals surface area (Å²) >= 11 is 7.12. The number of amides is 1. The van der Waals surface area contributed by atoms with Crippen LogP contribution >= 0.6 is 22.9 Å². The van der Waals surface area contributed by atoms with Crippen molar-refractivity contribution in [3.05, 3.63) is 63.1 Å². The molecule has 2 N–H and O–H groups in total. The number of allylic oxidation sites excluding steroid dienone is 1. The minimum atomic E-state index is -3.68. The van der Waals surface area contributed by atoms with Gasteiger partial charge in [0.1, 0.15) is 0 Å². The van der Waals surface area contributed by atoms with Crippen LogP contribution in [0.3, 0.4) is 0 Å². The lowest BCUT2D eigenvalue weighted by Gasteiger charge is -2.30. The number of piperazine rings is 1. The van der Waals surface area contributed by atoms with E-state index in [1.165, 1.54) is 26.6 Å². The van der Waals surface area contributed by atoms with Gasteiger partial charge >= 0.3 is 0 Å². The molecule has 3 rings (SSSR count). The molecule has 0 aliphatic carbocycles. The maximum atomic E-state index is 12.5. The molecule has 7 nitrogen and oxygen atoms in total. The maximum Gasteiger partial charge on any atom is 0.241 e. The average Bonchev–Trinajstić information content (AvgIpc) is 3.08. The highest BCUT2D eigenvalue weighted by Gasteiger charge is 2.29. The lowest BCUT2D eigenvalue weighted by molar-refractivity contribution is -0.131. The molecule has 0 spiro atoms. The van der Waals surface area contributed by atoms with Crippen LogP contribution in [0.1, 0.15) is 10.4 Å². The number of halogens is 1. The molecule has 0 radical (unpaired) electrons. The predicted molar refractivity (Wildman–Crippen MR) is 112 cm³/mol. The minimum Gasteiger partial charge on any atom is -0.398 e. The summed E-state index contributed by atoms with van der Waals surface area (Å²) in [5, 5.41) is 1.11. The molecule has 0 saturated carbocycles. The molecular formula is C18H19ClN4O3S2. The number of pyridine rings is 1. The fraction of sp³-hybridized carbons (Fsp3) is 0.222. The van der Waals surface area contributed by atoms with E-state index < -0.39 is 10.0 Å². The normalized spacial score (nSPS) is 16.5. The van der Waals surface area contributed by atoms with Gasteiger partial charge in [-0.3, -0.25) is 9.78 Å². The molecule has 1 saturated heterocycles. The Morgan fingerprint density at radius 3 is 2.79 bits per heavy atom. The molecule has 1 fully saturated rings. The van der Waals surface area contributed by atoms with Crippen molar-refractivity contribution in [2.75, 3.05) is 25.4 Å². The van der Waals surface area contributed by atoms with E-state index in [4.69, 9.17) is 17.3 Å². The van der Waals surface area contributed by atoms with Crippen LogP contribution in [0, 0.1) is 0 Å². The van der Waals surface area contributed by atoms with Gasteiger partial charge in [-0.15, -0.1) is 11.3 Å². The highest BCUT2D eigenvalue weighted by molar-refractivity contribution is 7.92. The highest BCUT2D eigenvalue weighted by atomic mass is 35.5. The molecule has 1 aliphatic rings. The first-order valence-corrected chi connectivity index (χ1v) is 11.1. The number of nitrogen functional groups attached to an aromatic ring is 1. The first-order valence-electron chi connectivity index (χ1n) is 8.43. The van der Waals surface area contributed by atoms with Gasteiger partial charge in [-0.05, 0) is 36.3 Å². The maximum absolute atomic E-state index is 12.5. The Bertz CT molecular complexity index is 1020. The van der Waals surface area contributed by atoms with Gasteiger partial charge in [0.15, 0.2) is 0 Å². The molecule has 148 valence electrons. The van der Waals surface area contributed by atoms with Crippen LogP contribution in [0.4, 0.5) is 5.69 Å². The summed E-state index contributed by atoms with van der Waals surface area (Å²) in [6.07, 6.45) is 8.81. The van der Waals surface area contributed by atoms with Crippen molar-refractivity contribution in [3.8, 4) is 0 Å². The third-order valence-corrected chi connectivity index (χ3v) is 6.85. The third-order valence-electron chi connectivity index (χ3n) is 4.14. The van der Waals surface area contributed by atoms with Crippen LogP contribution in [-0.4, -0.2) is 48.1 Å². The number of carbonyl (C=O) groups excluding carboxylic acids is 1. The monoisotopic (exact) mass is 438 g/mol. The number of thiophene rings is 1. The first-order chi connectivity index (χ1) is 13.3. The zero-order chi connectivity index (χ0) is 20.1. The lowest BCUT2D eigenvalue weighted by Crippen LogP contribution is -2.49. The second-order valence-electron chi connectivity index (χ2n) is 6.07. The van der Waals surface area contributed by atoms with Gasteiger partial charge in [0.05, 0.1) is 10.9 Å². The van der Waals surface area contributed by atoms with Crippen molar-refractivity contribution in [1.29, 1.82) is 0 Å². The van der Waals surface area contributed by atoms with Crippen molar-refractivity contribution in [1.82, 2.24) is 14.2 Å². The molecule has 1 aliphatic heterocycles. The molecule has 3 heterocycles. The number of sulfonamides is 1. The van der Waals surface area contributed by atoms with E-state index in [2.05, 4.69) is 4.98 Å². The van der Waals surface area contributed by atoms with E-state index in [0.717, 1.165) is 15.8 Å². The topological polar surface area (TPSA) is 96.6 Å². The van der Waals surface area contributed by atoms with E-state index in [1.54, 1.807) is 36.8 Å². The molecule has 1 amide bonds. The Balaban J connectivity index is 1.58. The standard InChI is InChI=1S/C18H19ClN4O3S2/c19-17-4-3-15(27-17)6-11-28(25,26)23-10-9-22(18(24)13-23)8-1-2-14-12-21-7-5-16(14)20/h1,3-8,11-12H,2,9-10,13H2,(H2,20,21). The molecule has 2 aromatic rings. The SMILES string of the molecule is Nc1ccncc1CC=CN1CCN(S(=O)(=O)C=Cc2ccc(Cl)s2)CC1=O. The smallest absolute Gasteiger partial charge is 0.241 e. The van der Waals surface area contributed by atoms with E-state index in [1.807, 2.05) is 6.08 Å². The molecular weight excluding hydrogens is 420 g/mol. The average molecular weight is 439 g/mol. The largest absolute Gasteiger partial charge is 0.398 e. The first kappa shape index (κ1) is 20.5. The van der Waals surface area contributed by atoms with E-state index in [-0.39, 0.29) is 25.5 Å². The van der Waals surface area contributed by atoms with E-state index in [0.29, 0.717) is 16.4 Å². The number of carbonyl (C=O) groups is 1. The Morgan fingerprint density at radius 1 is 1.29 bits per heavy atom. The number of anilines is 1. The van der Waals surface area contributed by atoms with Crippen LogP contribution in [0.2, 0.25) is 4.34 Å². The summed E-state index contributed by atoms with van der Waals surface area (Å²) in [5.41, 5.74) is 7.37. The fourth-order valence-corrected chi connectivity index (χ4v) is 4.78. The molecule has 2 aromatic heterocycles. The van der Waals surface area contributed by atoms with Gasteiger partial charge in [0, 0.05) is 47.7 Å². The Morgan fingerprint density at radius 2 is 2.11 bits per heavy atom. The Labute approximate surface area is 172 Å². The molecule has 10 heteroatoms. The van der Waals surface area contributed by atoms with E-state index in [9.17, 15) is 13.2 Å². The van der Waals surface area contributed by atoms with Gasteiger partial charge in [-0.2, -0.15) is 4.31 Å². The van der Waals surface area contributed by atoms with Gasteiger partial charge in [0.2, 0.25) is 15.9 Å². The zero-order valence-electron chi connectivity index (χ0n) is 14.9. The van der Waals surface area contributed by atoms with Gasteiger partial charge < -0.3 is 10.6 Å². The van der Waals surface area contributed by atoms with Crippen LogP contribution in [-0.2, 0) is 21.2 Å². The number of aromatic nitrogens is 1. The Hall–Kier alpha value is -2.20. The Kier molecular flexibility index (Phi) is 6.50. The predicted octanol–water partition coefficient (Wildman–Crippen LogP) is 2.58. The summed E-state index contributed by atoms with van der Waals surface area (Å²) in [5.74, 6) is -0.280. The quantitative estimate of drug-likeness (QED) is 0.747. The molecule has 0 aromatic carbocycles. The number of nitrogens with zero attached hydrogens (tertiary/aromatic N) is 3. The summed E-state index contributed by atoms with van der Waals surface area (Å²) in [7, 11) is -3.68. The van der Waals surface area contributed by atoms with Crippen LogP contribution in [0.15, 0.2) is 48.3 Å². The van der Waals surface area contributed by atoms with Gasteiger partial charge in [-0.1, -0.05) is 17.7 Å². The number of hydrogen-bond acceptors (Lipinski definition) is 6. The molecule has 0 unspecified atom stereocenters. The van der Waals surface area contributed by atoms with Crippen molar-refractivity contribution in [3.63, 3.8) is 0 Å². The molecule has 0 bridgehead atoms. The van der Waals surface area contributed by atoms with Crippen LogP contribution in [0.5, 0.6) is 0 Å². The van der Waals surface area contributed by atoms with Crippen LogP contribution < -0.4 is 5.73 Å². The summed E-state index contributed by atoms with van der Waals surface area (Å²) in [4.78, 5) is 18.6. The summed E-state index contributed by atoms with van der Waals surface area (Å²) in [6.45, 7) is 0.315. The summed E-state index contributed by atoms with van der Waals surface area (Å²) in [6, 6.07) is 5.16. The van der Waals surface area contributed by atoms with Crippen LogP contribution in [0.25, 0.3) is 6.08 Å².